The number of aliphatic hydroxyl groups is 1. The fourth-order valence-electron chi connectivity index (χ4n) is 1.46. The molecule has 1 aliphatic rings. The van der Waals surface area contributed by atoms with E-state index in [4.69, 9.17) is 0 Å². The number of hydrogen-bond donors (Lipinski definition) is 1. The SMILES string of the molecule is O=C1O[C@](O)(C(F)(F)F)c2cccc(I)c21. The Kier molecular flexibility index (Phi) is 2.42. The molecule has 0 bridgehead atoms. The van der Waals surface area contributed by atoms with Crippen LogP contribution >= 0.6 is 22.6 Å². The van der Waals surface area contributed by atoms with Crippen molar-refractivity contribution in [3.05, 3.63) is 32.9 Å². The number of fused-ring (bicyclic) bond motifs is 1. The standard InChI is InChI=1S/C9H4F3IO3/c10-9(11,12)8(15)4-2-1-3-5(13)6(4)7(14)16-8/h1-3,15H/t8-/m0/s1. The molecule has 1 N–H and O–H groups in total. The summed E-state index contributed by atoms with van der Waals surface area (Å²) < 4.78 is 42.2. The van der Waals surface area contributed by atoms with Crippen molar-refractivity contribution in [1.82, 2.24) is 0 Å². The first-order chi connectivity index (χ1) is 7.27. The molecule has 0 spiro atoms. The lowest BCUT2D eigenvalue weighted by molar-refractivity contribution is -0.349. The van der Waals surface area contributed by atoms with Crippen LogP contribution in [-0.2, 0) is 10.5 Å². The van der Waals surface area contributed by atoms with Crippen LogP contribution in [0.4, 0.5) is 13.2 Å². The first-order valence-corrected chi connectivity index (χ1v) is 5.16. The van der Waals surface area contributed by atoms with E-state index >= 15 is 0 Å². The second-order valence-corrected chi connectivity index (χ2v) is 4.36. The molecule has 1 aromatic rings. The Balaban J connectivity index is 2.69. The van der Waals surface area contributed by atoms with E-state index in [1.54, 1.807) is 22.6 Å². The van der Waals surface area contributed by atoms with Gasteiger partial charge in [0.15, 0.2) is 0 Å². The summed E-state index contributed by atoms with van der Waals surface area (Å²) >= 11 is 1.71. The average molecular weight is 344 g/mol. The Hall–Kier alpha value is -0.830. The van der Waals surface area contributed by atoms with Crippen molar-refractivity contribution >= 4 is 28.6 Å². The molecule has 1 heterocycles. The molecule has 1 aromatic carbocycles. The van der Waals surface area contributed by atoms with Crippen LogP contribution in [0.25, 0.3) is 0 Å². The molecule has 0 saturated heterocycles. The average Bonchev–Trinajstić information content (AvgIpc) is 2.40. The Morgan fingerprint density at radius 3 is 2.56 bits per heavy atom. The van der Waals surface area contributed by atoms with Crippen LogP contribution < -0.4 is 0 Å². The second kappa shape index (κ2) is 3.33. The van der Waals surface area contributed by atoms with Gasteiger partial charge < -0.3 is 9.84 Å². The zero-order chi connectivity index (χ0) is 12.1. The predicted molar refractivity (Wildman–Crippen MR) is 54.5 cm³/mol. The smallest absolute Gasteiger partial charge is 0.415 e. The minimum Gasteiger partial charge on any atom is -0.415 e. The van der Waals surface area contributed by atoms with E-state index in [0.717, 1.165) is 6.07 Å². The molecule has 0 saturated carbocycles. The first kappa shape index (κ1) is 11.6. The summed E-state index contributed by atoms with van der Waals surface area (Å²) in [6.45, 7) is 0. The Morgan fingerprint density at radius 1 is 1.38 bits per heavy atom. The summed E-state index contributed by atoms with van der Waals surface area (Å²) in [5.41, 5.74) is -0.792. The third kappa shape index (κ3) is 1.41. The van der Waals surface area contributed by atoms with Crippen LogP contribution in [0.5, 0.6) is 0 Å². The minimum absolute atomic E-state index is 0.233. The highest BCUT2D eigenvalue weighted by molar-refractivity contribution is 14.1. The molecular weight excluding hydrogens is 340 g/mol. The van der Waals surface area contributed by atoms with Crippen molar-refractivity contribution in [1.29, 1.82) is 0 Å². The Morgan fingerprint density at radius 2 is 2.00 bits per heavy atom. The van der Waals surface area contributed by atoms with Gasteiger partial charge in [-0.15, -0.1) is 0 Å². The maximum Gasteiger partial charge on any atom is 0.460 e. The molecule has 0 aliphatic carbocycles. The first-order valence-electron chi connectivity index (χ1n) is 4.09. The molecule has 16 heavy (non-hydrogen) atoms. The minimum atomic E-state index is -5.06. The summed E-state index contributed by atoms with van der Waals surface area (Å²) in [6, 6.07) is 3.80. The van der Waals surface area contributed by atoms with Crippen LogP contribution in [-0.4, -0.2) is 17.3 Å². The van der Waals surface area contributed by atoms with Crippen molar-refractivity contribution in [2.75, 3.05) is 0 Å². The van der Waals surface area contributed by atoms with Gasteiger partial charge in [-0.3, -0.25) is 0 Å². The van der Waals surface area contributed by atoms with Gasteiger partial charge in [0, 0.05) is 9.13 Å². The van der Waals surface area contributed by atoms with Crippen molar-refractivity contribution in [2.24, 2.45) is 0 Å². The number of hydrogen-bond acceptors (Lipinski definition) is 3. The van der Waals surface area contributed by atoms with Crippen molar-refractivity contribution in [3.63, 3.8) is 0 Å². The predicted octanol–water partition coefficient (Wildman–Crippen LogP) is 2.17. The summed E-state index contributed by atoms with van der Waals surface area (Å²) in [4.78, 5) is 11.3. The van der Waals surface area contributed by atoms with E-state index in [9.17, 15) is 23.1 Å². The highest BCUT2D eigenvalue weighted by Crippen LogP contribution is 2.46. The number of cyclic esters (lactones) is 1. The second-order valence-electron chi connectivity index (χ2n) is 3.19. The number of ether oxygens (including phenoxy) is 1. The zero-order valence-corrected chi connectivity index (χ0v) is 9.67. The quantitative estimate of drug-likeness (QED) is 0.580. The van der Waals surface area contributed by atoms with Crippen LogP contribution in [0.3, 0.4) is 0 Å². The molecule has 7 heteroatoms. The fourth-order valence-corrected chi connectivity index (χ4v) is 2.18. The van der Waals surface area contributed by atoms with Crippen molar-refractivity contribution < 1.29 is 27.8 Å². The highest BCUT2D eigenvalue weighted by atomic mass is 127. The molecule has 2 rings (SSSR count). The number of alkyl halides is 3. The summed E-state index contributed by atoms with van der Waals surface area (Å²) in [6.07, 6.45) is -5.06. The van der Waals surface area contributed by atoms with Gasteiger partial charge in [-0.05, 0) is 28.7 Å². The number of carbonyl (C=O) groups excluding carboxylic acids is 1. The monoisotopic (exact) mass is 344 g/mol. The number of carbonyl (C=O) groups is 1. The van der Waals surface area contributed by atoms with Gasteiger partial charge in [-0.2, -0.15) is 13.2 Å². The number of halogens is 4. The molecule has 0 radical (unpaired) electrons. The van der Waals surface area contributed by atoms with Gasteiger partial charge in [0.1, 0.15) is 0 Å². The van der Waals surface area contributed by atoms with E-state index in [0.29, 0.717) is 3.57 Å². The third-order valence-electron chi connectivity index (χ3n) is 2.21. The number of rotatable bonds is 0. The summed E-state index contributed by atoms with van der Waals surface area (Å²) in [5.74, 6) is -4.69. The largest absolute Gasteiger partial charge is 0.460 e. The lowest BCUT2D eigenvalue weighted by Crippen LogP contribution is -2.42. The molecule has 3 nitrogen and oxygen atoms in total. The van der Waals surface area contributed by atoms with Gasteiger partial charge in [0.05, 0.1) is 5.56 Å². The third-order valence-corrected chi connectivity index (χ3v) is 3.11. The lowest BCUT2D eigenvalue weighted by atomic mass is 10.0. The number of benzene rings is 1. The molecule has 0 amide bonds. The number of esters is 1. The van der Waals surface area contributed by atoms with Gasteiger partial charge in [-0.25, -0.2) is 4.79 Å². The van der Waals surface area contributed by atoms with Gasteiger partial charge in [-0.1, -0.05) is 12.1 Å². The van der Waals surface area contributed by atoms with Crippen molar-refractivity contribution in [3.8, 4) is 0 Å². The fraction of sp³-hybridized carbons (Fsp3) is 0.222. The van der Waals surface area contributed by atoms with E-state index in [-0.39, 0.29) is 5.56 Å². The van der Waals surface area contributed by atoms with Crippen LogP contribution in [0.1, 0.15) is 15.9 Å². The van der Waals surface area contributed by atoms with Crippen LogP contribution in [0.15, 0.2) is 18.2 Å². The van der Waals surface area contributed by atoms with Gasteiger partial charge in [0.25, 0.3) is 0 Å². The molecule has 86 valence electrons. The van der Waals surface area contributed by atoms with E-state index < -0.39 is 23.5 Å². The molecule has 0 unspecified atom stereocenters. The topological polar surface area (TPSA) is 46.5 Å². The maximum atomic E-state index is 12.6. The Bertz CT molecular complexity index is 472. The summed E-state index contributed by atoms with van der Waals surface area (Å²) in [7, 11) is 0. The van der Waals surface area contributed by atoms with E-state index in [1.807, 2.05) is 0 Å². The van der Waals surface area contributed by atoms with E-state index in [1.165, 1.54) is 12.1 Å². The normalized spacial score (nSPS) is 24.2. The van der Waals surface area contributed by atoms with E-state index in [2.05, 4.69) is 4.74 Å². The lowest BCUT2D eigenvalue weighted by Gasteiger charge is -2.24. The summed E-state index contributed by atoms with van der Waals surface area (Å²) in [5, 5.41) is 9.40. The molecule has 0 fully saturated rings. The molecular formula is C9H4F3IO3. The highest BCUT2D eigenvalue weighted by Gasteiger charge is 2.64. The van der Waals surface area contributed by atoms with Crippen LogP contribution in [0, 0.1) is 3.57 Å². The Labute approximate surface area is 101 Å². The maximum absolute atomic E-state index is 12.6. The molecule has 0 aromatic heterocycles. The van der Waals surface area contributed by atoms with Gasteiger partial charge in [0.2, 0.25) is 0 Å². The van der Waals surface area contributed by atoms with Crippen molar-refractivity contribution in [2.45, 2.75) is 12.0 Å². The van der Waals surface area contributed by atoms with Crippen LogP contribution in [0.2, 0.25) is 0 Å². The van der Waals surface area contributed by atoms with Gasteiger partial charge >= 0.3 is 17.9 Å². The molecule has 1 aliphatic heterocycles. The zero-order valence-electron chi connectivity index (χ0n) is 7.51. The molecule has 1 atom stereocenters.